The first-order chi connectivity index (χ1) is 12.4. The lowest BCUT2D eigenvalue weighted by molar-refractivity contribution is -0.105. The Labute approximate surface area is 159 Å². The second kappa shape index (κ2) is 8.39. The molecule has 4 nitrogen and oxygen atoms in total. The van der Waals surface area contributed by atoms with Gasteiger partial charge < -0.3 is 9.47 Å². The number of piperazine rings is 1. The van der Waals surface area contributed by atoms with Gasteiger partial charge in [0.15, 0.2) is 0 Å². The molecule has 0 aliphatic carbocycles. The normalized spacial score (nSPS) is 26.4. The molecule has 2 atom stereocenters. The van der Waals surface area contributed by atoms with Crippen molar-refractivity contribution in [3.8, 4) is 0 Å². The van der Waals surface area contributed by atoms with Gasteiger partial charge in [-0.05, 0) is 37.8 Å². The minimum Gasteiger partial charge on any atom is -0.376 e. The Morgan fingerprint density at radius 1 is 1.12 bits per heavy atom. The highest BCUT2D eigenvalue weighted by Gasteiger charge is 2.36. The van der Waals surface area contributed by atoms with Crippen molar-refractivity contribution in [3.05, 3.63) is 35.4 Å². The maximum absolute atomic E-state index is 5.90. The molecule has 2 aliphatic heterocycles. The van der Waals surface area contributed by atoms with Crippen molar-refractivity contribution in [2.45, 2.75) is 58.2 Å². The Balaban J connectivity index is 1.82. The molecule has 1 aromatic rings. The Hall–Kier alpha value is -0.940. The predicted octanol–water partition coefficient (Wildman–Crippen LogP) is 3.68. The monoisotopic (exact) mass is 360 g/mol. The van der Waals surface area contributed by atoms with E-state index in [1.165, 1.54) is 11.1 Å². The maximum atomic E-state index is 5.90. The van der Waals surface area contributed by atoms with Gasteiger partial charge in [-0.15, -0.1) is 0 Å². The van der Waals surface area contributed by atoms with Crippen molar-refractivity contribution in [2.75, 3.05) is 46.0 Å². The highest BCUT2D eigenvalue weighted by molar-refractivity contribution is 5.33. The molecule has 2 unspecified atom stereocenters. The molecule has 0 spiro atoms. The highest BCUT2D eigenvalue weighted by Crippen LogP contribution is 2.35. The molecule has 0 bridgehead atoms. The fourth-order valence-corrected chi connectivity index (χ4v) is 4.34. The van der Waals surface area contributed by atoms with Crippen molar-refractivity contribution in [3.63, 3.8) is 0 Å². The number of rotatable bonds is 4. The average Bonchev–Trinajstić information content (AvgIpc) is 2.61. The van der Waals surface area contributed by atoms with Crippen molar-refractivity contribution < 1.29 is 9.47 Å². The molecule has 2 fully saturated rings. The quantitative estimate of drug-likeness (QED) is 0.818. The molecule has 0 aromatic heterocycles. The van der Waals surface area contributed by atoms with Gasteiger partial charge in [-0.2, -0.15) is 0 Å². The summed E-state index contributed by atoms with van der Waals surface area (Å²) in [7, 11) is 0. The van der Waals surface area contributed by atoms with Crippen molar-refractivity contribution in [2.24, 2.45) is 0 Å². The van der Waals surface area contributed by atoms with Gasteiger partial charge in [0.05, 0.1) is 25.9 Å². The summed E-state index contributed by atoms with van der Waals surface area (Å²) in [5, 5.41) is 0. The lowest BCUT2D eigenvalue weighted by Gasteiger charge is -2.49. The minimum absolute atomic E-state index is 0.158. The third-order valence-electron chi connectivity index (χ3n) is 5.65. The third kappa shape index (κ3) is 4.66. The molecule has 2 heterocycles. The fraction of sp³-hybridized carbons (Fsp3) is 0.727. The van der Waals surface area contributed by atoms with Crippen LogP contribution in [0, 0.1) is 0 Å². The summed E-state index contributed by atoms with van der Waals surface area (Å²) in [5.41, 5.74) is 3.12. The molecule has 0 saturated carbocycles. The van der Waals surface area contributed by atoms with Gasteiger partial charge in [-0.1, -0.05) is 38.1 Å². The van der Waals surface area contributed by atoms with Crippen molar-refractivity contribution >= 4 is 0 Å². The SMILES string of the molecule is CC(C)c1ccccc1C1CN(CC2COCCO2)CCN1C(C)(C)C. The van der Waals surface area contributed by atoms with E-state index in [1.807, 2.05) is 0 Å². The third-order valence-corrected chi connectivity index (χ3v) is 5.65. The summed E-state index contributed by atoms with van der Waals surface area (Å²) in [4.78, 5) is 5.26. The second-order valence-electron chi connectivity index (χ2n) is 8.99. The summed E-state index contributed by atoms with van der Waals surface area (Å²) < 4.78 is 11.5. The minimum atomic E-state index is 0.158. The molecule has 3 rings (SSSR count). The van der Waals surface area contributed by atoms with Crippen LogP contribution < -0.4 is 0 Å². The topological polar surface area (TPSA) is 24.9 Å². The zero-order valence-corrected chi connectivity index (χ0v) is 17.2. The number of hydrogen-bond donors (Lipinski definition) is 0. The standard InChI is InChI=1S/C22H36N2O2/c1-17(2)19-8-6-7-9-20(19)21-15-23(10-11-24(21)22(3,4)5)14-18-16-25-12-13-26-18/h6-9,17-18,21H,10-16H2,1-5H3. The molecular weight excluding hydrogens is 324 g/mol. The highest BCUT2D eigenvalue weighted by atomic mass is 16.6. The van der Waals surface area contributed by atoms with Crippen molar-refractivity contribution in [1.29, 1.82) is 0 Å². The summed E-state index contributed by atoms with van der Waals surface area (Å²) in [6.45, 7) is 18.0. The van der Waals surface area contributed by atoms with Crippen LogP contribution in [0.3, 0.4) is 0 Å². The van der Waals surface area contributed by atoms with E-state index < -0.39 is 0 Å². The average molecular weight is 361 g/mol. The first kappa shape index (κ1) is 19.8. The van der Waals surface area contributed by atoms with Crippen LogP contribution in [-0.4, -0.2) is 67.4 Å². The number of nitrogens with zero attached hydrogens (tertiary/aromatic N) is 2. The lowest BCUT2D eigenvalue weighted by Crippen LogP contribution is -2.56. The maximum Gasteiger partial charge on any atom is 0.0936 e. The van der Waals surface area contributed by atoms with E-state index in [4.69, 9.17) is 9.47 Å². The first-order valence-corrected chi connectivity index (χ1v) is 10.1. The van der Waals surface area contributed by atoms with Crippen molar-refractivity contribution in [1.82, 2.24) is 9.80 Å². The van der Waals surface area contributed by atoms with Crippen LogP contribution >= 0.6 is 0 Å². The van der Waals surface area contributed by atoms with E-state index in [9.17, 15) is 0 Å². The van der Waals surface area contributed by atoms with Gasteiger partial charge in [0.2, 0.25) is 0 Å². The molecule has 26 heavy (non-hydrogen) atoms. The van der Waals surface area contributed by atoms with Gasteiger partial charge in [-0.3, -0.25) is 9.80 Å². The smallest absolute Gasteiger partial charge is 0.0936 e. The van der Waals surface area contributed by atoms with Gasteiger partial charge in [-0.25, -0.2) is 0 Å². The van der Waals surface area contributed by atoms with Gasteiger partial charge in [0, 0.05) is 37.8 Å². The number of benzene rings is 1. The second-order valence-corrected chi connectivity index (χ2v) is 8.99. The summed E-state index contributed by atoms with van der Waals surface area (Å²) in [6.07, 6.45) is 0.214. The fourth-order valence-electron chi connectivity index (χ4n) is 4.34. The molecular formula is C22H36N2O2. The molecule has 0 radical (unpaired) electrons. The number of hydrogen-bond acceptors (Lipinski definition) is 4. The van der Waals surface area contributed by atoms with E-state index in [0.717, 1.165) is 46.0 Å². The zero-order valence-electron chi connectivity index (χ0n) is 17.2. The van der Waals surface area contributed by atoms with Crippen LogP contribution in [0.25, 0.3) is 0 Å². The molecule has 2 saturated heterocycles. The van der Waals surface area contributed by atoms with E-state index in [0.29, 0.717) is 12.0 Å². The van der Waals surface area contributed by atoms with Gasteiger partial charge in [0.1, 0.15) is 0 Å². The van der Waals surface area contributed by atoms with E-state index >= 15 is 0 Å². The number of ether oxygens (including phenoxy) is 2. The van der Waals surface area contributed by atoms with Gasteiger partial charge in [0.25, 0.3) is 0 Å². The van der Waals surface area contributed by atoms with Crippen LogP contribution in [0.15, 0.2) is 24.3 Å². The molecule has 1 aromatic carbocycles. The van der Waals surface area contributed by atoms with Crippen LogP contribution in [0.2, 0.25) is 0 Å². The Bertz CT molecular complexity index is 576. The molecule has 146 valence electrons. The van der Waals surface area contributed by atoms with Crippen LogP contribution in [0.5, 0.6) is 0 Å². The Morgan fingerprint density at radius 3 is 2.54 bits per heavy atom. The van der Waals surface area contributed by atoms with E-state index in [1.54, 1.807) is 0 Å². The first-order valence-electron chi connectivity index (χ1n) is 10.1. The largest absolute Gasteiger partial charge is 0.376 e. The summed E-state index contributed by atoms with van der Waals surface area (Å²) in [5.74, 6) is 0.540. The Morgan fingerprint density at radius 2 is 1.88 bits per heavy atom. The van der Waals surface area contributed by atoms with Gasteiger partial charge >= 0.3 is 0 Å². The molecule has 0 N–H and O–H groups in total. The molecule has 2 aliphatic rings. The van der Waals surface area contributed by atoms with E-state index in [-0.39, 0.29) is 11.6 Å². The van der Waals surface area contributed by atoms with Crippen LogP contribution in [-0.2, 0) is 9.47 Å². The summed E-state index contributed by atoms with van der Waals surface area (Å²) in [6, 6.07) is 9.43. The van der Waals surface area contributed by atoms with E-state index in [2.05, 4.69) is 68.7 Å². The zero-order chi connectivity index (χ0) is 18.7. The Kier molecular flexibility index (Phi) is 6.39. The lowest BCUT2D eigenvalue weighted by atomic mass is 9.88. The molecule has 0 amide bonds. The van der Waals surface area contributed by atoms with Crippen LogP contribution in [0.4, 0.5) is 0 Å². The predicted molar refractivity (Wildman–Crippen MR) is 107 cm³/mol. The summed E-state index contributed by atoms with van der Waals surface area (Å²) >= 11 is 0. The molecule has 4 heteroatoms. The van der Waals surface area contributed by atoms with Crippen LogP contribution in [0.1, 0.15) is 57.7 Å².